The van der Waals surface area contributed by atoms with Crippen LogP contribution >= 0.6 is 0 Å². The summed E-state index contributed by atoms with van der Waals surface area (Å²) in [6.07, 6.45) is 1.52. The summed E-state index contributed by atoms with van der Waals surface area (Å²) in [6.45, 7) is -0.267. The molecule has 0 atom stereocenters. The van der Waals surface area contributed by atoms with E-state index < -0.39 is 0 Å². The molecule has 2 N–H and O–H groups in total. The first-order valence-corrected chi connectivity index (χ1v) is 1.14. The second-order valence-corrected chi connectivity index (χ2v) is 0.447. The quantitative estimate of drug-likeness (QED) is 0.372. The van der Waals surface area contributed by atoms with Crippen molar-refractivity contribution in [2.24, 2.45) is 0 Å². The fourth-order valence-electron chi connectivity index (χ4n) is 0.0354. The largest absolute Gasteiger partial charge is 0.462 e. The summed E-state index contributed by atoms with van der Waals surface area (Å²) >= 11 is 0. The Morgan fingerprint density at radius 1 is 1.60 bits per heavy atom. The van der Waals surface area contributed by atoms with Crippen molar-refractivity contribution in [3.8, 4) is 12.0 Å². The highest BCUT2D eigenvalue weighted by atomic mass is 16.3. The maximum Gasteiger partial charge on any atom is 0.109 e. The van der Waals surface area contributed by atoms with Gasteiger partial charge in [0.25, 0.3) is 0 Å². The smallest absolute Gasteiger partial charge is 0.109 e. The van der Waals surface area contributed by atoms with E-state index in [1.165, 1.54) is 6.11 Å². The maximum atomic E-state index is 7.73. The van der Waals surface area contributed by atoms with E-state index in [9.17, 15) is 0 Å². The molecular weight excluding hydrogens is 68.0 g/mol. The fourth-order valence-corrected chi connectivity index (χ4v) is 0.0354. The van der Waals surface area contributed by atoms with Gasteiger partial charge in [0.2, 0.25) is 0 Å². The summed E-state index contributed by atoms with van der Waals surface area (Å²) in [6, 6.07) is 0. The number of hydrogen-bond donors (Lipinski definition) is 2. The highest BCUT2D eigenvalue weighted by Gasteiger charge is 1.50. The van der Waals surface area contributed by atoms with Gasteiger partial charge >= 0.3 is 0 Å². The molecule has 0 saturated heterocycles. The van der Waals surface area contributed by atoms with Crippen LogP contribution in [0.3, 0.4) is 0 Å². The van der Waals surface area contributed by atoms with Gasteiger partial charge in [0.1, 0.15) is 12.7 Å². The zero-order valence-corrected chi connectivity index (χ0v) is 2.60. The van der Waals surface area contributed by atoms with Crippen LogP contribution in [0.5, 0.6) is 0 Å². The van der Waals surface area contributed by atoms with Crippen LogP contribution in [0.1, 0.15) is 0 Å². The van der Waals surface area contributed by atoms with Crippen LogP contribution in [-0.4, -0.2) is 16.8 Å². The number of aliphatic hydroxyl groups is 2. The Labute approximate surface area is 30.1 Å². The Kier molecular flexibility index (Phi) is 2.87. The highest BCUT2D eigenvalue weighted by molar-refractivity contribution is 4.87. The van der Waals surface area contributed by atoms with Gasteiger partial charge in [0.05, 0.1) is 0 Å². The van der Waals surface area contributed by atoms with Gasteiger partial charge in [-0.25, -0.2) is 0 Å². The topological polar surface area (TPSA) is 40.5 Å². The first kappa shape index (κ1) is 4.32. The van der Waals surface area contributed by atoms with Gasteiger partial charge in [-0.1, -0.05) is 0 Å². The van der Waals surface area contributed by atoms with Gasteiger partial charge in [-0.2, -0.15) is 0 Å². The number of hydrogen-bond acceptors (Lipinski definition) is 2. The zero-order chi connectivity index (χ0) is 4.12. The van der Waals surface area contributed by atoms with E-state index in [0.29, 0.717) is 0 Å². The lowest BCUT2D eigenvalue weighted by molar-refractivity contribution is 0.348. The summed E-state index contributed by atoms with van der Waals surface area (Å²) < 4.78 is 0. The van der Waals surface area contributed by atoms with E-state index in [1.54, 1.807) is 0 Å². The third-order valence-corrected chi connectivity index (χ3v) is 0.158. The van der Waals surface area contributed by atoms with E-state index in [4.69, 9.17) is 10.2 Å². The Bertz CT molecular complexity index is 57.0. The molecule has 0 radical (unpaired) electrons. The minimum Gasteiger partial charge on any atom is -0.462 e. The molecule has 28 valence electrons. The zero-order valence-electron chi connectivity index (χ0n) is 2.60. The Hall–Kier alpha value is -0.680. The molecular formula is C3H4O2. The van der Waals surface area contributed by atoms with Crippen LogP contribution in [0.15, 0.2) is 0 Å². The van der Waals surface area contributed by atoms with Crippen molar-refractivity contribution in [2.75, 3.05) is 6.61 Å². The maximum absolute atomic E-state index is 7.73. The van der Waals surface area contributed by atoms with Crippen LogP contribution in [0.25, 0.3) is 0 Å². The van der Waals surface area contributed by atoms with E-state index in [-0.39, 0.29) is 6.61 Å². The molecule has 5 heavy (non-hydrogen) atoms. The van der Waals surface area contributed by atoms with Crippen LogP contribution in [0, 0.1) is 12.0 Å². The molecule has 0 rings (SSSR count). The molecule has 0 aromatic carbocycles. The first-order chi connectivity index (χ1) is 2.41. The Morgan fingerprint density at radius 2 is 2.20 bits per heavy atom. The van der Waals surface area contributed by atoms with Crippen molar-refractivity contribution in [3.63, 3.8) is 0 Å². The predicted molar refractivity (Wildman–Crippen MR) is 16.8 cm³/mol. The second-order valence-electron chi connectivity index (χ2n) is 0.447. The van der Waals surface area contributed by atoms with Crippen LogP contribution in [0.2, 0.25) is 0 Å². The lowest BCUT2D eigenvalue weighted by Crippen LogP contribution is -1.68. The summed E-state index contributed by atoms with van der Waals surface area (Å²) in [5.74, 6) is 1.97. The van der Waals surface area contributed by atoms with Crippen molar-refractivity contribution in [1.29, 1.82) is 0 Å². The highest BCUT2D eigenvalue weighted by Crippen LogP contribution is 1.40. The van der Waals surface area contributed by atoms with Crippen molar-refractivity contribution < 1.29 is 10.2 Å². The third-order valence-electron chi connectivity index (χ3n) is 0.158. The summed E-state index contributed by atoms with van der Waals surface area (Å²) in [7, 11) is 0. The summed E-state index contributed by atoms with van der Waals surface area (Å²) in [5, 5.41) is 15.3. The average molecular weight is 72.1 g/mol. The molecule has 0 aliphatic carbocycles. The molecule has 0 spiro atoms. The van der Waals surface area contributed by atoms with Crippen molar-refractivity contribution in [1.82, 2.24) is 0 Å². The minimum atomic E-state index is -0.267. The average Bonchev–Trinajstić information content (AvgIpc) is 1.41. The van der Waals surface area contributed by atoms with Gasteiger partial charge in [-0.15, -0.1) is 0 Å². The van der Waals surface area contributed by atoms with E-state index in [1.807, 2.05) is 5.92 Å². The standard InChI is InChI=1S/C3H4O2/c4-2-1-3-5/h4-5H,2H2. The lowest BCUT2D eigenvalue weighted by Gasteiger charge is -1.59. The predicted octanol–water partition coefficient (Wildman–Crippen LogP) is -0.688. The summed E-state index contributed by atoms with van der Waals surface area (Å²) in [4.78, 5) is 0. The van der Waals surface area contributed by atoms with E-state index in [2.05, 4.69) is 0 Å². The molecule has 0 unspecified atom stereocenters. The molecule has 0 saturated carbocycles. The minimum absolute atomic E-state index is 0.267. The number of aliphatic hydroxyl groups excluding tert-OH is 2. The molecule has 0 aromatic heterocycles. The second kappa shape index (κ2) is 3.32. The molecule has 0 aliphatic rings. The van der Waals surface area contributed by atoms with Crippen LogP contribution < -0.4 is 0 Å². The Balaban J connectivity index is 2.81. The molecule has 0 heterocycles. The molecule has 2 nitrogen and oxygen atoms in total. The first-order valence-electron chi connectivity index (χ1n) is 1.14. The van der Waals surface area contributed by atoms with Crippen molar-refractivity contribution >= 4 is 0 Å². The van der Waals surface area contributed by atoms with Gasteiger partial charge in [-0.05, 0) is 5.92 Å². The van der Waals surface area contributed by atoms with Crippen LogP contribution in [-0.2, 0) is 0 Å². The van der Waals surface area contributed by atoms with Gasteiger partial charge in [-0.3, -0.25) is 0 Å². The number of rotatable bonds is 0. The van der Waals surface area contributed by atoms with Crippen molar-refractivity contribution in [3.05, 3.63) is 0 Å². The Morgan fingerprint density at radius 3 is 2.20 bits per heavy atom. The molecule has 0 bridgehead atoms. The normalized spacial score (nSPS) is 5.00. The van der Waals surface area contributed by atoms with Crippen molar-refractivity contribution in [2.45, 2.75) is 0 Å². The van der Waals surface area contributed by atoms with E-state index >= 15 is 0 Å². The molecule has 0 aliphatic heterocycles. The van der Waals surface area contributed by atoms with Gasteiger partial charge < -0.3 is 10.2 Å². The van der Waals surface area contributed by atoms with Gasteiger partial charge in [0, 0.05) is 0 Å². The fraction of sp³-hybridized carbons (Fsp3) is 0.333. The SMILES string of the molecule is OC#CCO. The van der Waals surface area contributed by atoms with Crippen LogP contribution in [0.4, 0.5) is 0 Å². The molecule has 2 heteroatoms. The molecule has 0 aromatic rings. The summed E-state index contributed by atoms with van der Waals surface area (Å²) in [5.41, 5.74) is 0. The third kappa shape index (κ3) is 3.32. The molecule has 0 amide bonds. The molecule has 0 fully saturated rings. The van der Waals surface area contributed by atoms with E-state index in [0.717, 1.165) is 0 Å². The lowest BCUT2D eigenvalue weighted by atomic mass is 10.8. The van der Waals surface area contributed by atoms with Gasteiger partial charge in [0.15, 0.2) is 0 Å². The monoisotopic (exact) mass is 72.0 g/mol.